The van der Waals surface area contributed by atoms with E-state index in [4.69, 9.17) is 0 Å². The van der Waals surface area contributed by atoms with Gasteiger partial charge in [-0.3, -0.25) is 0 Å². The summed E-state index contributed by atoms with van der Waals surface area (Å²) in [5.74, 6) is 0. The number of hydrogen-bond acceptors (Lipinski definition) is 0. The molecule has 0 aliphatic heterocycles. The van der Waals surface area contributed by atoms with Crippen LogP contribution in [0.5, 0.6) is 0 Å². The normalized spacial score (nSPS) is 11.9. The van der Waals surface area contributed by atoms with Crippen LogP contribution in [-0.2, 0) is 12.8 Å². The molecule has 146 valence electrons. The Hall–Kier alpha value is -2.69. The third-order valence-electron chi connectivity index (χ3n) is 6.02. The average molecular weight is 397 g/mol. The van der Waals surface area contributed by atoms with Gasteiger partial charge < -0.3 is 0 Å². The van der Waals surface area contributed by atoms with Gasteiger partial charge in [0.25, 0.3) is 0 Å². The van der Waals surface area contributed by atoms with Crippen LogP contribution in [0.4, 0.5) is 0 Å². The molecule has 1 heteroatoms. The molecule has 0 saturated heterocycles. The minimum atomic E-state index is -1.91. The molecule has 0 unspecified atom stereocenters. The molecule has 0 atom stereocenters. The van der Waals surface area contributed by atoms with Crippen LogP contribution in [0.25, 0.3) is 0 Å². The number of aryl methyl sites for hydroxylation is 2. The van der Waals surface area contributed by atoms with E-state index in [2.05, 4.69) is 121 Å². The fraction of sp³-hybridized carbons (Fsp3) is 0.143. The summed E-state index contributed by atoms with van der Waals surface area (Å²) < 4.78 is 0. The molecule has 0 bridgehead atoms. The Labute approximate surface area is 175 Å². The van der Waals surface area contributed by atoms with Crippen molar-refractivity contribution in [3.63, 3.8) is 0 Å². The molecular formula is C28H29P. The summed E-state index contributed by atoms with van der Waals surface area (Å²) >= 11 is 0. The Morgan fingerprint density at radius 2 is 0.690 bits per heavy atom. The predicted molar refractivity (Wildman–Crippen MR) is 130 cm³/mol. The van der Waals surface area contributed by atoms with E-state index < -0.39 is 7.26 Å². The van der Waals surface area contributed by atoms with E-state index in [1.807, 2.05) is 0 Å². The zero-order valence-electron chi connectivity index (χ0n) is 16.9. The first-order valence-electron chi connectivity index (χ1n) is 10.6. The summed E-state index contributed by atoms with van der Waals surface area (Å²) in [6, 6.07) is 44.6. The van der Waals surface area contributed by atoms with Gasteiger partial charge in [0.05, 0.1) is 0 Å². The number of benzene rings is 4. The van der Waals surface area contributed by atoms with Crippen LogP contribution in [0.3, 0.4) is 0 Å². The molecule has 4 aromatic rings. The van der Waals surface area contributed by atoms with Gasteiger partial charge in [0.15, 0.2) is 0 Å². The monoisotopic (exact) mass is 396 g/mol. The van der Waals surface area contributed by atoms with E-state index in [-0.39, 0.29) is 0 Å². The molecule has 0 saturated carbocycles. The Kier molecular flexibility index (Phi) is 6.55. The molecule has 0 amide bonds. The first-order chi connectivity index (χ1) is 14.4. The summed E-state index contributed by atoms with van der Waals surface area (Å²) in [4.78, 5) is 0. The van der Waals surface area contributed by atoms with Crippen molar-refractivity contribution in [2.75, 3.05) is 12.3 Å². The van der Waals surface area contributed by atoms with Crippen molar-refractivity contribution in [1.82, 2.24) is 0 Å². The van der Waals surface area contributed by atoms with Gasteiger partial charge in [-0.2, -0.15) is 0 Å². The van der Waals surface area contributed by atoms with E-state index in [0.29, 0.717) is 0 Å². The van der Waals surface area contributed by atoms with Crippen molar-refractivity contribution in [3.05, 3.63) is 132 Å². The van der Waals surface area contributed by atoms with Crippen LogP contribution in [0.2, 0.25) is 0 Å². The van der Waals surface area contributed by atoms with Gasteiger partial charge >= 0.3 is 175 Å². The van der Waals surface area contributed by atoms with Crippen molar-refractivity contribution in [2.45, 2.75) is 12.8 Å². The van der Waals surface area contributed by atoms with E-state index in [9.17, 15) is 0 Å². The van der Waals surface area contributed by atoms with E-state index in [1.54, 1.807) is 10.6 Å². The zero-order chi connectivity index (χ0) is 19.8. The molecule has 0 heterocycles. The molecule has 0 spiro atoms. The van der Waals surface area contributed by atoms with Gasteiger partial charge in [-0.25, -0.2) is 0 Å². The minimum absolute atomic E-state index is 1.13. The van der Waals surface area contributed by atoms with Crippen molar-refractivity contribution < 1.29 is 0 Å². The van der Waals surface area contributed by atoms with Crippen LogP contribution < -0.4 is 10.6 Å². The van der Waals surface area contributed by atoms with Gasteiger partial charge in [0, 0.05) is 0 Å². The van der Waals surface area contributed by atoms with Crippen LogP contribution in [0.15, 0.2) is 121 Å². The SMILES string of the molecule is c1ccc(CC[PH](CCc2ccccc2)(c2ccccc2)c2ccccc2)cc1. The summed E-state index contributed by atoms with van der Waals surface area (Å²) in [6.07, 6.45) is 4.73. The third-order valence-corrected chi connectivity index (χ3v) is 11.1. The molecule has 0 radical (unpaired) electrons. The standard InChI is InChI=1S/C28H29P/c1-5-13-25(14-6-1)21-23-29(27-17-9-3-10-18-27,28-19-11-4-12-20-28)24-22-26-15-7-2-8-16-26/h1-20,29H,21-24H2. The average Bonchev–Trinajstić information content (AvgIpc) is 2.82. The zero-order valence-corrected chi connectivity index (χ0v) is 17.9. The Balaban J connectivity index is 1.73. The summed E-state index contributed by atoms with van der Waals surface area (Å²) in [5.41, 5.74) is 2.88. The second-order valence-corrected chi connectivity index (χ2v) is 12.1. The number of hydrogen-bond donors (Lipinski definition) is 0. The third kappa shape index (κ3) is 4.84. The van der Waals surface area contributed by atoms with E-state index in [1.165, 1.54) is 23.5 Å². The first-order valence-corrected chi connectivity index (χ1v) is 13.0. The van der Waals surface area contributed by atoms with Crippen molar-refractivity contribution in [3.8, 4) is 0 Å². The molecule has 0 aliphatic rings. The topological polar surface area (TPSA) is 0 Å². The first kappa shape index (κ1) is 19.6. The Morgan fingerprint density at radius 3 is 1.03 bits per heavy atom. The van der Waals surface area contributed by atoms with Crippen molar-refractivity contribution in [2.24, 2.45) is 0 Å². The van der Waals surface area contributed by atoms with Gasteiger partial charge in [-0.05, 0) is 0 Å². The summed E-state index contributed by atoms with van der Waals surface area (Å²) in [5, 5.41) is 3.11. The van der Waals surface area contributed by atoms with Gasteiger partial charge in [0.1, 0.15) is 0 Å². The van der Waals surface area contributed by atoms with E-state index in [0.717, 1.165) is 12.8 Å². The fourth-order valence-corrected chi connectivity index (χ4v) is 9.22. The van der Waals surface area contributed by atoms with Crippen LogP contribution >= 0.6 is 7.26 Å². The van der Waals surface area contributed by atoms with Crippen LogP contribution in [-0.4, -0.2) is 12.3 Å². The quantitative estimate of drug-likeness (QED) is 0.327. The molecule has 0 N–H and O–H groups in total. The van der Waals surface area contributed by atoms with Crippen molar-refractivity contribution >= 4 is 17.9 Å². The van der Waals surface area contributed by atoms with Crippen molar-refractivity contribution in [1.29, 1.82) is 0 Å². The van der Waals surface area contributed by atoms with Gasteiger partial charge in [-0.1, -0.05) is 0 Å². The molecule has 0 aliphatic carbocycles. The number of rotatable bonds is 8. The maximum atomic E-state index is 2.37. The molecule has 0 nitrogen and oxygen atoms in total. The molecule has 4 rings (SSSR count). The molecule has 0 fully saturated rings. The molecule has 29 heavy (non-hydrogen) atoms. The van der Waals surface area contributed by atoms with Crippen LogP contribution in [0.1, 0.15) is 11.1 Å². The van der Waals surface area contributed by atoms with Gasteiger partial charge in [-0.15, -0.1) is 0 Å². The Morgan fingerprint density at radius 1 is 0.379 bits per heavy atom. The maximum absolute atomic E-state index is 2.37. The predicted octanol–water partition coefficient (Wildman–Crippen LogP) is 5.87. The second-order valence-electron chi connectivity index (χ2n) is 7.79. The Bertz CT molecular complexity index is 894. The summed E-state index contributed by atoms with van der Waals surface area (Å²) in [7, 11) is -1.91. The summed E-state index contributed by atoms with van der Waals surface area (Å²) in [6.45, 7) is 0. The van der Waals surface area contributed by atoms with Crippen LogP contribution in [0, 0.1) is 0 Å². The van der Waals surface area contributed by atoms with E-state index >= 15 is 0 Å². The second kappa shape index (κ2) is 9.68. The molecular weight excluding hydrogens is 367 g/mol. The fourth-order valence-electron chi connectivity index (χ4n) is 4.39. The molecule has 4 aromatic carbocycles. The molecule has 0 aromatic heterocycles. The van der Waals surface area contributed by atoms with Gasteiger partial charge in [0.2, 0.25) is 0 Å².